The van der Waals surface area contributed by atoms with Gasteiger partial charge in [-0.2, -0.15) is 0 Å². The summed E-state index contributed by atoms with van der Waals surface area (Å²) >= 11 is 3.24. The third-order valence-electron chi connectivity index (χ3n) is 4.16. The van der Waals surface area contributed by atoms with Crippen LogP contribution >= 0.6 is 22.7 Å². The fraction of sp³-hybridized carbons (Fsp3) is 0.300. The van der Waals surface area contributed by atoms with Crippen molar-refractivity contribution in [1.29, 1.82) is 0 Å². The fourth-order valence-electron chi connectivity index (χ4n) is 2.64. The second-order valence-electron chi connectivity index (χ2n) is 6.44. The van der Waals surface area contributed by atoms with E-state index in [9.17, 15) is 4.79 Å². The molecule has 0 saturated heterocycles. The van der Waals surface area contributed by atoms with Crippen LogP contribution in [0.1, 0.15) is 36.6 Å². The zero-order chi connectivity index (χ0) is 18.5. The van der Waals surface area contributed by atoms with Gasteiger partial charge in [0.25, 0.3) is 0 Å². The largest absolute Gasteiger partial charge is 0.481 e. The molecule has 2 aromatic heterocycles. The third-order valence-corrected chi connectivity index (χ3v) is 5.92. The molecule has 136 valence electrons. The minimum atomic E-state index is -0.790. The SMILES string of the molecule is CC(C)c1ccc(-c2csc(N(CCC(=O)O)Cc3cccs3)n2)cc1. The van der Waals surface area contributed by atoms with Gasteiger partial charge >= 0.3 is 5.97 Å². The van der Waals surface area contributed by atoms with E-state index in [4.69, 9.17) is 10.1 Å². The van der Waals surface area contributed by atoms with E-state index in [1.807, 2.05) is 16.8 Å². The minimum absolute atomic E-state index is 0.101. The van der Waals surface area contributed by atoms with E-state index >= 15 is 0 Å². The fourth-order valence-corrected chi connectivity index (χ4v) is 4.23. The summed E-state index contributed by atoms with van der Waals surface area (Å²) in [5.41, 5.74) is 3.34. The second-order valence-corrected chi connectivity index (χ2v) is 8.31. The summed E-state index contributed by atoms with van der Waals surface area (Å²) in [6.45, 7) is 5.50. The third kappa shape index (κ3) is 4.71. The van der Waals surface area contributed by atoms with Crippen LogP contribution in [-0.4, -0.2) is 22.6 Å². The minimum Gasteiger partial charge on any atom is -0.481 e. The Morgan fingerprint density at radius 2 is 1.96 bits per heavy atom. The number of carboxylic acid groups (broad SMARTS) is 1. The Morgan fingerprint density at radius 1 is 1.19 bits per heavy atom. The molecule has 0 aliphatic carbocycles. The van der Waals surface area contributed by atoms with E-state index < -0.39 is 5.97 Å². The number of hydrogen-bond acceptors (Lipinski definition) is 5. The van der Waals surface area contributed by atoms with Gasteiger partial charge in [-0.05, 0) is 22.9 Å². The average Bonchev–Trinajstić information content (AvgIpc) is 3.30. The van der Waals surface area contributed by atoms with Crippen LogP contribution < -0.4 is 4.90 Å². The van der Waals surface area contributed by atoms with Gasteiger partial charge in [0.05, 0.1) is 18.7 Å². The Bertz CT molecular complexity index is 839. The van der Waals surface area contributed by atoms with Crippen LogP contribution in [0.15, 0.2) is 47.2 Å². The lowest BCUT2D eigenvalue weighted by Gasteiger charge is -2.20. The predicted molar refractivity (Wildman–Crippen MR) is 109 cm³/mol. The number of rotatable bonds is 8. The van der Waals surface area contributed by atoms with Gasteiger partial charge in [-0.15, -0.1) is 22.7 Å². The number of nitrogens with zero attached hydrogens (tertiary/aromatic N) is 2. The highest BCUT2D eigenvalue weighted by atomic mass is 32.1. The highest BCUT2D eigenvalue weighted by Gasteiger charge is 2.15. The lowest BCUT2D eigenvalue weighted by molar-refractivity contribution is -0.136. The number of anilines is 1. The molecule has 0 radical (unpaired) electrons. The van der Waals surface area contributed by atoms with Crippen LogP contribution in [0.25, 0.3) is 11.3 Å². The highest BCUT2D eigenvalue weighted by molar-refractivity contribution is 7.14. The van der Waals surface area contributed by atoms with E-state index in [-0.39, 0.29) is 6.42 Å². The van der Waals surface area contributed by atoms with E-state index in [1.54, 1.807) is 22.7 Å². The average molecular weight is 387 g/mol. The Labute approximate surface area is 161 Å². The molecule has 0 fully saturated rings. The number of hydrogen-bond donors (Lipinski definition) is 1. The first kappa shape index (κ1) is 18.6. The number of carboxylic acids is 1. The van der Waals surface area contributed by atoms with E-state index in [0.717, 1.165) is 16.4 Å². The van der Waals surface area contributed by atoms with Crippen molar-refractivity contribution >= 4 is 33.8 Å². The Kier molecular flexibility index (Phi) is 6.06. The van der Waals surface area contributed by atoms with Gasteiger partial charge in [0.2, 0.25) is 0 Å². The van der Waals surface area contributed by atoms with E-state index in [0.29, 0.717) is 19.0 Å². The van der Waals surface area contributed by atoms with Gasteiger partial charge in [0, 0.05) is 22.4 Å². The molecule has 0 aliphatic rings. The van der Waals surface area contributed by atoms with E-state index in [1.165, 1.54) is 10.4 Å². The quantitative estimate of drug-likeness (QED) is 0.557. The number of aromatic nitrogens is 1. The molecule has 6 heteroatoms. The lowest BCUT2D eigenvalue weighted by atomic mass is 10.0. The molecule has 1 aromatic carbocycles. The molecule has 0 unspecified atom stereocenters. The molecule has 0 amide bonds. The number of aliphatic carboxylic acids is 1. The Morgan fingerprint density at radius 3 is 2.58 bits per heavy atom. The number of thiazole rings is 1. The molecule has 2 heterocycles. The lowest BCUT2D eigenvalue weighted by Crippen LogP contribution is -2.25. The van der Waals surface area contributed by atoms with Gasteiger partial charge < -0.3 is 10.0 Å². The zero-order valence-electron chi connectivity index (χ0n) is 14.9. The first-order valence-corrected chi connectivity index (χ1v) is 10.3. The molecule has 0 bridgehead atoms. The zero-order valence-corrected chi connectivity index (χ0v) is 16.5. The summed E-state index contributed by atoms with van der Waals surface area (Å²) in [5, 5.41) is 14.0. The first-order valence-electron chi connectivity index (χ1n) is 8.58. The van der Waals surface area contributed by atoms with Crippen molar-refractivity contribution in [1.82, 2.24) is 4.98 Å². The summed E-state index contributed by atoms with van der Waals surface area (Å²) in [7, 11) is 0. The molecule has 3 rings (SSSR count). The molecule has 26 heavy (non-hydrogen) atoms. The Balaban J connectivity index is 1.80. The van der Waals surface area contributed by atoms with Crippen LogP contribution in [0.4, 0.5) is 5.13 Å². The number of benzene rings is 1. The molecule has 1 N–H and O–H groups in total. The summed E-state index contributed by atoms with van der Waals surface area (Å²) in [6, 6.07) is 12.6. The van der Waals surface area contributed by atoms with Gasteiger partial charge in [0.1, 0.15) is 0 Å². The molecule has 4 nitrogen and oxygen atoms in total. The van der Waals surface area contributed by atoms with E-state index in [2.05, 4.69) is 49.1 Å². The molecule has 0 atom stereocenters. The molecule has 0 aliphatic heterocycles. The molecule has 3 aromatic rings. The van der Waals surface area contributed by atoms with Crippen molar-refractivity contribution in [3.8, 4) is 11.3 Å². The number of carbonyl (C=O) groups is 1. The summed E-state index contributed by atoms with van der Waals surface area (Å²) < 4.78 is 0. The highest BCUT2D eigenvalue weighted by Crippen LogP contribution is 2.30. The smallest absolute Gasteiger partial charge is 0.305 e. The molecular weight excluding hydrogens is 364 g/mol. The van der Waals surface area contributed by atoms with Crippen molar-refractivity contribution in [3.05, 3.63) is 57.6 Å². The number of thiophene rings is 1. The van der Waals surface area contributed by atoms with Crippen molar-refractivity contribution < 1.29 is 9.90 Å². The van der Waals surface area contributed by atoms with Gasteiger partial charge in [-0.1, -0.05) is 44.2 Å². The van der Waals surface area contributed by atoms with Gasteiger partial charge in [-0.3, -0.25) is 4.79 Å². The maximum atomic E-state index is 11.0. The van der Waals surface area contributed by atoms with Crippen molar-refractivity contribution in [2.24, 2.45) is 0 Å². The first-order chi connectivity index (χ1) is 12.5. The topological polar surface area (TPSA) is 53.4 Å². The van der Waals surface area contributed by atoms with Crippen LogP contribution in [0.5, 0.6) is 0 Å². The molecule has 0 saturated carbocycles. The van der Waals surface area contributed by atoms with Crippen LogP contribution in [0.3, 0.4) is 0 Å². The normalized spacial score (nSPS) is 11.0. The van der Waals surface area contributed by atoms with Gasteiger partial charge in [0.15, 0.2) is 5.13 Å². The summed E-state index contributed by atoms with van der Waals surface area (Å²) in [4.78, 5) is 19.0. The van der Waals surface area contributed by atoms with Crippen LogP contribution in [0.2, 0.25) is 0 Å². The van der Waals surface area contributed by atoms with Crippen LogP contribution in [-0.2, 0) is 11.3 Å². The van der Waals surface area contributed by atoms with Crippen molar-refractivity contribution in [2.75, 3.05) is 11.4 Å². The predicted octanol–water partition coefficient (Wildman–Crippen LogP) is 5.48. The van der Waals surface area contributed by atoms with Crippen molar-refractivity contribution in [3.63, 3.8) is 0 Å². The summed E-state index contributed by atoms with van der Waals surface area (Å²) in [6.07, 6.45) is 0.101. The van der Waals surface area contributed by atoms with Crippen molar-refractivity contribution in [2.45, 2.75) is 32.7 Å². The maximum Gasteiger partial charge on any atom is 0.305 e. The van der Waals surface area contributed by atoms with Crippen LogP contribution in [0, 0.1) is 0 Å². The Hall–Kier alpha value is -2.18. The molecular formula is C20H22N2O2S2. The summed E-state index contributed by atoms with van der Waals surface area (Å²) in [5.74, 6) is -0.283. The second kappa shape index (κ2) is 8.47. The molecule has 0 spiro atoms. The standard InChI is InChI=1S/C20H22N2O2S2/c1-14(2)15-5-7-16(8-6-15)18-13-26-20(21-18)22(10-9-19(23)24)12-17-4-3-11-25-17/h3-8,11,13-14H,9-10,12H2,1-2H3,(H,23,24). The maximum absolute atomic E-state index is 11.0. The monoisotopic (exact) mass is 386 g/mol. The van der Waals surface area contributed by atoms with Gasteiger partial charge in [-0.25, -0.2) is 4.98 Å².